The van der Waals surface area contributed by atoms with Gasteiger partial charge >= 0.3 is 23.9 Å². The highest BCUT2D eigenvalue weighted by Gasteiger charge is 2.36. The van der Waals surface area contributed by atoms with E-state index in [9.17, 15) is 78.0 Å². The van der Waals surface area contributed by atoms with Crippen molar-refractivity contribution in [3.8, 4) is 0 Å². The zero-order chi connectivity index (χ0) is 56.2. The number of aliphatic imine (C=N–C) groups is 1. The lowest BCUT2D eigenvalue weighted by molar-refractivity contribution is -0.142. The van der Waals surface area contributed by atoms with Gasteiger partial charge in [-0.3, -0.25) is 57.7 Å². The highest BCUT2D eigenvalue weighted by Crippen LogP contribution is 2.12. The molecular formula is C45H70N12O17. The molecular weight excluding hydrogens is 981 g/mol. The second-order valence-corrected chi connectivity index (χ2v) is 17.6. The van der Waals surface area contributed by atoms with E-state index in [0.717, 1.165) is 6.92 Å². The summed E-state index contributed by atoms with van der Waals surface area (Å²) in [5.41, 5.74) is 22.3. The van der Waals surface area contributed by atoms with E-state index in [4.69, 9.17) is 28.0 Å². The van der Waals surface area contributed by atoms with Crippen LogP contribution in [-0.2, 0) is 64.0 Å². The number of aliphatic hydroxyl groups excluding tert-OH is 1. The Balaban J connectivity index is 3.51. The van der Waals surface area contributed by atoms with Gasteiger partial charge in [0, 0.05) is 38.6 Å². The number of hydrogen-bond acceptors (Lipinski definition) is 15. The molecule has 0 aromatic heterocycles. The maximum atomic E-state index is 13.9. The number of amides is 8. The summed E-state index contributed by atoms with van der Waals surface area (Å²) >= 11 is 0. The van der Waals surface area contributed by atoms with Gasteiger partial charge in [0.05, 0.1) is 12.1 Å². The van der Waals surface area contributed by atoms with Crippen LogP contribution < -0.4 is 60.2 Å². The summed E-state index contributed by atoms with van der Waals surface area (Å²) in [6, 6.07) is -4.96. The van der Waals surface area contributed by atoms with Crippen molar-refractivity contribution in [2.75, 3.05) is 6.54 Å². The molecule has 0 spiro atoms. The van der Waals surface area contributed by atoms with Gasteiger partial charge in [-0.15, -0.1) is 0 Å². The highest BCUT2D eigenvalue weighted by atomic mass is 16.4. The molecule has 0 heterocycles. The number of rotatable bonds is 36. The molecule has 20 N–H and O–H groups in total. The van der Waals surface area contributed by atoms with Crippen molar-refractivity contribution in [3.63, 3.8) is 0 Å². The molecule has 29 nitrogen and oxygen atoms in total. The van der Waals surface area contributed by atoms with Gasteiger partial charge in [0.1, 0.15) is 42.3 Å². The third-order valence-corrected chi connectivity index (χ3v) is 10.8. The summed E-state index contributed by atoms with van der Waals surface area (Å²) in [7, 11) is 0. The van der Waals surface area contributed by atoms with Crippen LogP contribution in [0.1, 0.15) is 97.0 Å². The van der Waals surface area contributed by atoms with Crippen molar-refractivity contribution in [1.82, 2.24) is 37.2 Å². The maximum absolute atomic E-state index is 13.9. The second-order valence-electron chi connectivity index (χ2n) is 17.6. The van der Waals surface area contributed by atoms with E-state index in [0.29, 0.717) is 5.56 Å². The van der Waals surface area contributed by atoms with E-state index in [1.807, 2.05) is 0 Å². The number of nitrogens with one attached hydrogen (secondary N) is 7. The number of carboxylic acids is 4. The van der Waals surface area contributed by atoms with Gasteiger partial charge in [0.15, 0.2) is 5.96 Å². The predicted molar refractivity (Wildman–Crippen MR) is 259 cm³/mol. The summed E-state index contributed by atoms with van der Waals surface area (Å²) < 4.78 is 0. The standard InChI is InChI=1S/C45H70N12O17/c1-22(2)20-30(41(70)54-29(44(73)74)10-7-19-50-45(48)49)56-40(69)26(12-15-32(47)59)51-38(67)27(13-17-34(62)63)52-39(68)28(14-18-35(64)65)53-43(72)36(23(3)58)57-42(71)31(21-24-8-5-4-6-9-24)55-37(66)25(46)11-16-33(60)61/h4-6,8-9,22-23,25-31,36,58H,7,10-21,46H2,1-3H3,(H2,47,59)(H,51,67)(H,52,68)(H,53,72)(H,54,70)(H,55,66)(H,56,69)(H,57,71)(H,60,61)(H,62,63)(H,64,65)(H,73,74)(H4,48,49,50)/t23-,25+,26+,27+,28+,29+,30+,31+,36+/m1/s1. The van der Waals surface area contributed by atoms with E-state index in [-0.39, 0.29) is 50.5 Å². The summed E-state index contributed by atoms with van der Waals surface area (Å²) in [6.45, 7) is 4.48. The van der Waals surface area contributed by atoms with Crippen LogP contribution in [0.2, 0.25) is 0 Å². The fourth-order valence-corrected chi connectivity index (χ4v) is 6.85. The average molecular weight is 1050 g/mol. The molecule has 0 aliphatic carbocycles. The van der Waals surface area contributed by atoms with E-state index in [2.05, 4.69) is 42.2 Å². The largest absolute Gasteiger partial charge is 0.481 e. The van der Waals surface area contributed by atoms with E-state index in [1.165, 1.54) is 0 Å². The Morgan fingerprint density at radius 2 is 0.932 bits per heavy atom. The molecule has 0 fully saturated rings. The molecule has 1 aromatic carbocycles. The third kappa shape index (κ3) is 26.0. The Hall–Kier alpha value is -7.95. The number of aliphatic hydroxyl groups is 1. The fourth-order valence-electron chi connectivity index (χ4n) is 6.85. The lowest BCUT2D eigenvalue weighted by atomic mass is 10.0. The first kappa shape index (κ1) is 64.1. The number of hydrogen-bond donors (Lipinski definition) is 16. The van der Waals surface area contributed by atoms with E-state index >= 15 is 0 Å². The van der Waals surface area contributed by atoms with Crippen LogP contribution in [0, 0.1) is 5.92 Å². The van der Waals surface area contributed by atoms with Crippen LogP contribution in [0.25, 0.3) is 0 Å². The summed E-state index contributed by atoms with van der Waals surface area (Å²) in [6.07, 6.45) is -6.77. The Kier molecular flexibility index (Phi) is 28.5. The Morgan fingerprint density at radius 3 is 1.38 bits per heavy atom. The number of benzene rings is 1. The number of carbonyl (C=O) groups excluding carboxylic acids is 8. The smallest absolute Gasteiger partial charge is 0.326 e. The summed E-state index contributed by atoms with van der Waals surface area (Å²) in [5.74, 6) is -14.9. The van der Waals surface area contributed by atoms with Gasteiger partial charge < -0.3 is 85.7 Å². The monoisotopic (exact) mass is 1050 g/mol. The molecule has 0 saturated carbocycles. The van der Waals surface area contributed by atoms with Gasteiger partial charge in [-0.1, -0.05) is 44.2 Å². The predicted octanol–water partition coefficient (Wildman–Crippen LogP) is -4.63. The van der Waals surface area contributed by atoms with Crippen LogP contribution in [-0.4, -0.2) is 164 Å². The van der Waals surface area contributed by atoms with Crippen molar-refractivity contribution >= 4 is 77.1 Å². The van der Waals surface area contributed by atoms with Crippen molar-refractivity contribution in [2.45, 2.75) is 152 Å². The van der Waals surface area contributed by atoms with Crippen LogP contribution in [0.4, 0.5) is 0 Å². The molecule has 0 radical (unpaired) electrons. The number of guanidine groups is 1. The minimum Gasteiger partial charge on any atom is -0.481 e. The number of nitrogens with zero attached hydrogens (tertiary/aromatic N) is 1. The zero-order valence-corrected chi connectivity index (χ0v) is 41.2. The topological polar surface area (TPSA) is 507 Å². The summed E-state index contributed by atoms with van der Waals surface area (Å²) in [5, 5.41) is 64.7. The van der Waals surface area contributed by atoms with Crippen molar-refractivity contribution < 1.29 is 83.1 Å². The van der Waals surface area contributed by atoms with E-state index < -0.39 is 171 Å². The molecule has 412 valence electrons. The van der Waals surface area contributed by atoms with Gasteiger partial charge in [-0.25, -0.2) is 4.79 Å². The lowest BCUT2D eigenvalue weighted by Gasteiger charge is -2.28. The van der Waals surface area contributed by atoms with Crippen LogP contribution in [0.5, 0.6) is 0 Å². The first-order chi connectivity index (χ1) is 34.6. The van der Waals surface area contributed by atoms with Gasteiger partial charge in [-0.2, -0.15) is 0 Å². The molecule has 74 heavy (non-hydrogen) atoms. The van der Waals surface area contributed by atoms with Crippen LogP contribution in [0.3, 0.4) is 0 Å². The molecule has 9 atom stereocenters. The lowest BCUT2D eigenvalue weighted by Crippen LogP contribution is -2.62. The van der Waals surface area contributed by atoms with Crippen LogP contribution >= 0.6 is 0 Å². The Morgan fingerprint density at radius 1 is 0.514 bits per heavy atom. The number of primary amides is 1. The molecule has 1 rings (SSSR count). The quantitative estimate of drug-likeness (QED) is 0.0171. The number of nitrogens with two attached hydrogens (primary N) is 4. The highest BCUT2D eigenvalue weighted by molar-refractivity contribution is 5.98. The minimum atomic E-state index is -1.92. The average Bonchev–Trinajstić information content (AvgIpc) is 3.30. The first-order valence-electron chi connectivity index (χ1n) is 23.4. The number of carbonyl (C=O) groups is 12. The van der Waals surface area contributed by atoms with Crippen molar-refractivity contribution in [1.29, 1.82) is 0 Å². The van der Waals surface area contributed by atoms with Gasteiger partial charge in [0.2, 0.25) is 47.3 Å². The normalized spacial score (nSPS) is 14.6. The SMILES string of the molecule is CC(C)C[C@H](NC(=O)[C@H](CCC(N)=O)NC(=O)[C@H](CCC(=O)O)NC(=O)[C@H](CCC(=O)O)NC(=O)[C@@H](NC(=O)[C@H](Cc1ccccc1)NC(=O)[C@@H](N)CCC(=O)O)[C@@H](C)O)C(=O)N[C@@H](CCCN=C(N)N)C(=O)O. The van der Waals surface area contributed by atoms with Crippen molar-refractivity contribution in [3.05, 3.63) is 35.9 Å². The molecule has 1 aromatic rings. The molecule has 8 amide bonds. The molecule has 0 unspecified atom stereocenters. The molecule has 0 aliphatic heterocycles. The second kappa shape index (κ2) is 32.9. The Bertz CT molecular complexity index is 2160. The summed E-state index contributed by atoms with van der Waals surface area (Å²) in [4.78, 5) is 158. The molecule has 29 heteroatoms. The zero-order valence-electron chi connectivity index (χ0n) is 41.2. The third-order valence-electron chi connectivity index (χ3n) is 10.8. The molecule has 0 saturated heterocycles. The maximum Gasteiger partial charge on any atom is 0.326 e. The van der Waals surface area contributed by atoms with E-state index in [1.54, 1.807) is 44.2 Å². The molecule has 0 aliphatic rings. The Labute approximate surface area is 425 Å². The van der Waals surface area contributed by atoms with Crippen molar-refractivity contribution in [2.24, 2.45) is 33.8 Å². The van der Waals surface area contributed by atoms with Crippen LogP contribution in [0.15, 0.2) is 35.3 Å². The molecule has 0 bridgehead atoms. The fraction of sp³-hybridized carbons (Fsp3) is 0.578. The van der Waals surface area contributed by atoms with Gasteiger partial charge in [-0.05, 0) is 63.4 Å². The number of carboxylic acid groups (broad SMARTS) is 4. The number of aliphatic carboxylic acids is 4. The minimum absolute atomic E-state index is 0.0432. The first-order valence-corrected chi connectivity index (χ1v) is 23.4. The van der Waals surface area contributed by atoms with Gasteiger partial charge in [0.25, 0.3) is 0 Å².